The molecular weight excluding hydrogens is 266 g/mol. The van der Waals surface area contributed by atoms with Crippen LogP contribution in [0.4, 0.5) is 0 Å². The zero-order chi connectivity index (χ0) is 13.7. The minimum Gasteiger partial charge on any atom is -0.394 e. The van der Waals surface area contributed by atoms with Crippen LogP contribution in [0.1, 0.15) is 18.4 Å². The Bertz CT molecular complexity index is 444. The summed E-state index contributed by atoms with van der Waals surface area (Å²) in [5.41, 5.74) is 0.332. The summed E-state index contributed by atoms with van der Waals surface area (Å²) < 4.78 is 5.26. The summed E-state index contributed by atoms with van der Waals surface area (Å²) in [7, 11) is 0. The first kappa shape index (κ1) is 14.3. The minimum absolute atomic E-state index is 0.0579. The van der Waals surface area contributed by atoms with Crippen molar-refractivity contribution in [1.82, 2.24) is 5.32 Å². The molecule has 0 radical (unpaired) electrons. The molecule has 1 aromatic carbocycles. The van der Waals surface area contributed by atoms with Gasteiger partial charge in [-0.15, -0.1) is 0 Å². The van der Waals surface area contributed by atoms with E-state index in [4.69, 9.17) is 16.3 Å². The highest BCUT2D eigenvalue weighted by atomic mass is 35.5. The van der Waals surface area contributed by atoms with E-state index >= 15 is 0 Å². The SMILES string of the molecule is O=C(Cc1cccc(Cl)c1)NC1(CO)CCOCC1. The van der Waals surface area contributed by atoms with Crippen molar-refractivity contribution >= 4 is 17.5 Å². The summed E-state index contributed by atoms with van der Waals surface area (Å²) in [5, 5.41) is 13.1. The van der Waals surface area contributed by atoms with Crippen molar-refractivity contribution in [3.05, 3.63) is 34.9 Å². The maximum Gasteiger partial charge on any atom is 0.224 e. The van der Waals surface area contributed by atoms with E-state index in [0.29, 0.717) is 31.1 Å². The van der Waals surface area contributed by atoms with E-state index in [2.05, 4.69) is 5.32 Å². The molecule has 2 rings (SSSR count). The molecule has 0 aliphatic carbocycles. The Morgan fingerprint density at radius 3 is 2.79 bits per heavy atom. The summed E-state index contributed by atoms with van der Waals surface area (Å²) in [4.78, 5) is 12.0. The van der Waals surface area contributed by atoms with Crippen LogP contribution >= 0.6 is 11.6 Å². The highest BCUT2D eigenvalue weighted by Gasteiger charge is 2.33. The van der Waals surface area contributed by atoms with E-state index in [0.717, 1.165) is 5.56 Å². The number of halogens is 1. The number of aliphatic hydroxyl groups is 1. The van der Waals surface area contributed by atoms with Crippen molar-refractivity contribution in [3.63, 3.8) is 0 Å². The standard InChI is InChI=1S/C14H18ClNO3/c15-12-3-1-2-11(8-12)9-13(18)16-14(10-17)4-6-19-7-5-14/h1-3,8,17H,4-7,9-10H2,(H,16,18). The number of aliphatic hydroxyl groups excluding tert-OH is 1. The van der Waals surface area contributed by atoms with Gasteiger partial charge in [0, 0.05) is 18.2 Å². The van der Waals surface area contributed by atoms with Crippen molar-refractivity contribution in [2.45, 2.75) is 24.8 Å². The number of amides is 1. The lowest BCUT2D eigenvalue weighted by Gasteiger charge is -2.36. The Kier molecular flexibility index (Phi) is 4.80. The number of carbonyl (C=O) groups is 1. The molecular formula is C14H18ClNO3. The second-order valence-electron chi connectivity index (χ2n) is 4.91. The molecule has 4 nitrogen and oxygen atoms in total. The Morgan fingerprint density at radius 1 is 1.42 bits per heavy atom. The fourth-order valence-corrected chi connectivity index (χ4v) is 2.47. The van der Waals surface area contributed by atoms with Crippen LogP contribution in [0.5, 0.6) is 0 Å². The Balaban J connectivity index is 1.96. The van der Waals surface area contributed by atoms with Crippen molar-refractivity contribution in [2.75, 3.05) is 19.8 Å². The molecule has 0 bridgehead atoms. The summed E-state index contributed by atoms with van der Waals surface area (Å²) >= 11 is 5.89. The number of ether oxygens (including phenoxy) is 1. The van der Waals surface area contributed by atoms with Gasteiger partial charge in [-0.2, -0.15) is 0 Å². The van der Waals surface area contributed by atoms with E-state index in [9.17, 15) is 9.90 Å². The van der Waals surface area contributed by atoms with Gasteiger partial charge in [0.25, 0.3) is 0 Å². The average molecular weight is 284 g/mol. The molecule has 1 heterocycles. The summed E-state index contributed by atoms with van der Waals surface area (Å²) in [6.07, 6.45) is 1.55. The summed E-state index contributed by atoms with van der Waals surface area (Å²) in [5.74, 6) is -0.0989. The molecule has 1 amide bonds. The third-order valence-electron chi connectivity index (χ3n) is 3.41. The Morgan fingerprint density at radius 2 is 2.16 bits per heavy atom. The van der Waals surface area contributed by atoms with Crippen LogP contribution in [0.2, 0.25) is 5.02 Å². The second-order valence-corrected chi connectivity index (χ2v) is 5.34. The topological polar surface area (TPSA) is 58.6 Å². The van der Waals surface area contributed by atoms with Crippen LogP contribution in [0.15, 0.2) is 24.3 Å². The van der Waals surface area contributed by atoms with Crippen LogP contribution in [0.3, 0.4) is 0 Å². The van der Waals surface area contributed by atoms with Gasteiger partial charge in [-0.1, -0.05) is 23.7 Å². The van der Waals surface area contributed by atoms with Crippen molar-refractivity contribution in [3.8, 4) is 0 Å². The van der Waals surface area contributed by atoms with Gasteiger partial charge in [0.15, 0.2) is 0 Å². The quantitative estimate of drug-likeness (QED) is 0.881. The third kappa shape index (κ3) is 3.93. The molecule has 0 atom stereocenters. The zero-order valence-electron chi connectivity index (χ0n) is 10.7. The first-order valence-electron chi connectivity index (χ1n) is 6.38. The first-order chi connectivity index (χ1) is 9.13. The highest BCUT2D eigenvalue weighted by molar-refractivity contribution is 6.30. The van der Waals surface area contributed by atoms with Crippen molar-refractivity contribution < 1.29 is 14.6 Å². The molecule has 1 fully saturated rings. The largest absolute Gasteiger partial charge is 0.394 e. The van der Waals surface area contributed by atoms with Gasteiger partial charge < -0.3 is 15.2 Å². The molecule has 2 N–H and O–H groups in total. The molecule has 1 saturated heterocycles. The normalized spacial score (nSPS) is 18.0. The molecule has 0 spiro atoms. The molecule has 1 aromatic rings. The second kappa shape index (κ2) is 6.37. The maximum atomic E-state index is 12.0. The number of carbonyl (C=O) groups excluding carboxylic acids is 1. The molecule has 0 unspecified atom stereocenters. The van der Waals surface area contributed by atoms with Crippen molar-refractivity contribution in [1.29, 1.82) is 0 Å². The van der Waals surface area contributed by atoms with Gasteiger partial charge in [-0.3, -0.25) is 4.79 Å². The van der Waals surface area contributed by atoms with Gasteiger partial charge >= 0.3 is 0 Å². The van der Waals surface area contributed by atoms with Crippen LogP contribution in [0.25, 0.3) is 0 Å². The van der Waals surface area contributed by atoms with Crippen molar-refractivity contribution in [2.24, 2.45) is 0 Å². The molecule has 5 heteroatoms. The number of benzene rings is 1. The van der Waals surface area contributed by atoms with E-state index in [1.807, 2.05) is 12.1 Å². The van der Waals surface area contributed by atoms with E-state index < -0.39 is 5.54 Å². The lowest BCUT2D eigenvalue weighted by molar-refractivity contribution is -0.124. The molecule has 1 aliphatic heterocycles. The number of nitrogens with one attached hydrogen (secondary N) is 1. The molecule has 1 aliphatic rings. The van der Waals surface area contributed by atoms with Gasteiger partial charge in [0.2, 0.25) is 5.91 Å². The van der Waals surface area contributed by atoms with E-state index in [1.54, 1.807) is 12.1 Å². The van der Waals surface area contributed by atoms with E-state index in [1.165, 1.54) is 0 Å². The molecule has 0 saturated carbocycles. The lowest BCUT2D eigenvalue weighted by atomic mass is 9.90. The van der Waals surface area contributed by atoms with E-state index in [-0.39, 0.29) is 18.9 Å². The third-order valence-corrected chi connectivity index (χ3v) is 3.65. The van der Waals surface area contributed by atoms with Crippen LogP contribution in [-0.2, 0) is 16.0 Å². The van der Waals surface area contributed by atoms with Crippen LogP contribution < -0.4 is 5.32 Å². The number of hydrogen-bond donors (Lipinski definition) is 2. The lowest BCUT2D eigenvalue weighted by Crippen LogP contribution is -2.55. The highest BCUT2D eigenvalue weighted by Crippen LogP contribution is 2.20. The average Bonchev–Trinajstić information content (AvgIpc) is 2.39. The fourth-order valence-electron chi connectivity index (χ4n) is 2.26. The number of hydrogen-bond acceptors (Lipinski definition) is 3. The monoisotopic (exact) mass is 283 g/mol. The maximum absolute atomic E-state index is 12.0. The first-order valence-corrected chi connectivity index (χ1v) is 6.75. The minimum atomic E-state index is -0.534. The molecule has 19 heavy (non-hydrogen) atoms. The fraction of sp³-hybridized carbons (Fsp3) is 0.500. The van der Waals surface area contributed by atoms with Crippen LogP contribution in [-0.4, -0.2) is 36.4 Å². The summed E-state index contributed by atoms with van der Waals surface area (Å²) in [6, 6.07) is 7.23. The Labute approximate surface area is 117 Å². The zero-order valence-corrected chi connectivity index (χ0v) is 11.4. The van der Waals surface area contributed by atoms with Crippen LogP contribution in [0, 0.1) is 0 Å². The summed E-state index contributed by atoms with van der Waals surface area (Å²) in [6.45, 7) is 1.08. The molecule has 0 aromatic heterocycles. The molecule has 104 valence electrons. The Hall–Kier alpha value is -1.10. The number of rotatable bonds is 4. The predicted octanol–water partition coefficient (Wildman–Crippen LogP) is 1.54. The smallest absolute Gasteiger partial charge is 0.224 e. The van der Waals surface area contributed by atoms with Gasteiger partial charge in [-0.05, 0) is 30.5 Å². The van der Waals surface area contributed by atoms with Gasteiger partial charge in [0.05, 0.1) is 18.6 Å². The van der Waals surface area contributed by atoms with Gasteiger partial charge in [0.1, 0.15) is 0 Å². The predicted molar refractivity (Wildman–Crippen MR) is 73.2 cm³/mol. The van der Waals surface area contributed by atoms with Gasteiger partial charge in [-0.25, -0.2) is 0 Å².